The van der Waals surface area contributed by atoms with E-state index in [1.807, 2.05) is 19.2 Å². The molecule has 0 aromatic heterocycles. The SMILES string of the molecule is Cc1ccccc1C(N)CCN(C)c1ccc(F)cc1. The largest absolute Gasteiger partial charge is 0.375 e. The fourth-order valence-electron chi connectivity index (χ4n) is 2.32. The predicted molar refractivity (Wildman–Crippen MR) is 82.4 cm³/mol. The molecule has 0 aliphatic heterocycles. The number of halogens is 1. The second-order valence-electron chi connectivity index (χ2n) is 5.15. The lowest BCUT2D eigenvalue weighted by Gasteiger charge is -2.22. The minimum absolute atomic E-state index is 0.0269. The van der Waals surface area contributed by atoms with E-state index >= 15 is 0 Å². The lowest BCUT2D eigenvalue weighted by atomic mass is 9.99. The maximum atomic E-state index is 12.9. The zero-order chi connectivity index (χ0) is 14.5. The summed E-state index contributed by atoms with van der Waals surface area (Å²) in [6.07, 6.45) is 0.860. The van der Waals surface area contributed by atoms with Crippen LogP contribution in [0, 0.1) is 12.7 Å². The Labute approximate surface area is 120 Å². The van der Waals surface area contributed by atoms with Crippen molar-refractivity contribution in [2.24, 2.45) is 5.73 Å². The predicted octanol–water partition coefficient (Wildman–Crippen LogP) is 3.66. The van der Waals surface area contributed by atoms with Gasteiger partial charge in [-0.15, -0.1) is 0 Å². The van der Waals surface area contributed by atoms with Gasteiger partial charge in [-0.05, 0) is 48.7 Å². The molecule has 1 unspecified atom stereocenters. The fraction of sp³-hybridized carbons (Fsp3) is 0.294. The van der Waals surface area contributed by atoms with Crippen LogP contribution in [0.3, 0.4) is 0 Å². The zero-order valence-electron chi connectivity index (χ0n) is 12.0. The number of benzene rings is 2. The van der Waals surface area contributed by atoms with Gasteiger partial charge in [0.2, 0.25) is 0 Å². The van der Waals surface area contributed by atoms with Crippen molar-refractivity contribution in [3.05, 3.63) is 65.5 Å². The molecule has 0 aliphatic carbocycles. The smallest absolute Gasteiger partial charge is 0.123 e. The number of anilines is 1. The second-order valence-corrected chi connectivity index (χ2v) is 5.15. The molecule has 0 amide bonds. The van der Waals surface area contributed by atoms with E-state index in [2.05, 4.69) is 24.0 Å². The summed E-state index contributed by atoms with van der Waals surface area (Å²) < 4.78 is 12.9. The maximum absolute atomic E-state index is 12.9. The first-order valence-electron chi connectivity index (χ1n) is 6.86. The van der Waals surface area contributed by atoms with Gasteiger partial charge in [0.1, 0.15) is 5.82 Å². The summed E-state index contributed by atoms with van der Waals surface area (Å²) in [5, 5.41) is 0. The van der Waals surface area contributed by atoms with Gasteiger partial charge in [-0.3, -0.25) is 0 Å². The van der Waals surface area contributed by atoms with Gasteiger partial charge in [0, 0.05) is 25.3 Å². The number of aryl methyl sites for hydroxylation is 1. The molecular formula is C17H21FN2. The van der Waals surface area contributed by atoms with Crippen molar-refractivity contribution in [1.82, 2.24) is 0 Å². The molecule has 0 bridgehead atoms. The van der Waals surface area contributed by atoms with Crippen LogP contribution in [0.15, 0.2) is 48.5 Å². The van der Waals surface area contributed by atoms with Gasteiger partial charge in [-0.1, -0.05) is 24.3 Å². The third-order valence-electron chi connectivity index (χ3n) is 3.63. The normalized spacial score (nSPS) is 12.2. The van der Waals surface area contributed by atoms with Crippen molar-refractivity contribution in [3.63, 3.8) is 0 Å². The molecule has 0 aliphatic rings. The average Bonchev–Trinajstić information content (AvgIpc) is 2.45. The number of nitrogens with two attached hydrogens (primary N) is 1. The summed E-state index contributed by atoms with van der Waals surface area (Å²) in [5.41, 5.74) is 9.68. The Bertz CT molecular complexity index is 551. The molecule has 0 heterocycles. The number of hydrogen-bond acceptors (Lipinski definition) is 2. The van der Waals surface area contributed by atoms with Crippen molar-refractivity contribution in [3.8, 4) is 0 Å². The molecule has 0 radical (unpaired) electrons. The number of hydrogen-bond donors (Lipinski definition) is 1. The molecular weight excluding hydrogens is 251 g/mol. The van der Waals surface area contributed by atoms with Crippen LogP contribution >= 0.6 is 0 Å². The van der Waals surface area contributed by atoms with Crippen LogP contribution in [0.25, 0.3) is 0 Å². The van der Waals surface area contributed by atoms with Gasteiger partial charge in [0.25, 0.3) is 0 Å². The third-order valence-corrected chi connectivity index (χ3v) is 3.63. The molecule has 2 rings (SSSR count). The first kappa shape index (κ1) is 14.5. The van der Waals surface area contributed by atoms with Gasteiger partial charge in [0.15, 0.2) is 0 Å². The summed E-state index contributed by atoms with van der Waals surface area (Å²) in [7, 11) is 2.00. The first-order valence-corrected chi connectivity index (χ1v) is 6.86. The standard InChI is InChI=1S/C17H21FN2/c1-13-5-3-4-6-16(13)17(19)11-12-20(2)15-9-7-14(18)8-10-15/h3-10,17H,11-12,19H2,1-2H3. The number of nitrogens with zero attached hydrogens (tertiary/aromatic N) is 1. The van der Waals surface area contributed by atoms with E-state index in [9.17, 15) is 4.39 Å². The number of rotatable bonds is 5. The highest BCUT2D eigenvalue weighted by atomic mass is 19.1. The van der Waals surface area contributed by atoms with Crippen LogP contribution in [-0.4, -0.2) is 13.6 Å². The maximum Gasteiger partial charge on any atom is 0.123 e. The molecule has 0 saturated heterocycles. The molecule has 2 aromatic carbocycles. The van der Waals surface area contributed by atoms with Crippen LogP contribution in [0.1, 0.15) is 23.6 Å². The molecule has 0 fully saturated rings. The van der Waals surface area contributed by atoms with Gasteiger partial charge in [-0.2, -0.15) is 0 Å². The van der Waals surface area contributed by atoms with Crippen LogP contribution in [0.2, 0.25) is 0 Å². The highest BCUT2D eigenvalue weighted by Crippen LogP contribution is 2.20. The Hall–Kier alpha value is -1.87. The zero-order valence-corrected chi connectivity index (χ0v) is 12.0. The lowest BCUT2D eigenvalue weighted by Crippen LogP contribution is -2.23. The molecule has 1 atom stereocenters. The molecule has 0 saturated carbocycles. The molecule has 2 aromatic rings. The van der Waals surface area contributed by atoms with E-state index in [0.29, 0.717) is 0 Å². The summed E-state index contributed by atoms with van der Waals surface area (Å²) >= 11 is 0. The van der Waals surface area contributed by atoms with Crippen molar-refractivity contribution in [1.29, 1.82) is 0 Å². The van der Waals surface area contributed by atoms with Gasteiger partial charge in [-0.25, -0.2) is 4.39 Å². The Balaban J connectivity index is 1.95. The van der Waals surface area contributed by atoms with E-state index in [-0.39, 0.29) is 11.9 Å². The van der Waals surface area contributed by atoms with Crippen molar-refractivity contribution in [2.75, 3.05) is 18.5 Å². The molecule has 0 spiro atoms. The van der Waals surface area contributed by atoms with E-state index < -0.39 is 0 Å². The lowest BCUT2D eigenvalue weighted by molar-refractivity contribution is 0.625. The molecule has 106 valence electrons. The van der Waals surface area contributed by atoms with Crippen molar-refractivity contribution >= 4 is 5.69 Å². The Morgan fingerprint density at radius 3 is 2.40 bits per heavy atom. The monoisotopic (exact) mass is 272 g/mol. The second kappa shape index (κ2) is 6.53. The minimum Gasteiger partial charge on any atom is -0.375 e. The average molecular weight is 272 g/mol. The van der Waals surface area contributed by atoms with Crippen LogP contribution in [0.5, 0.6) is 0 Å². The molecule has 3 heteroatoms. The summed E-state index contributed by atoms with van der Waals surface area (Å²) in [5.74, 6) is -0.209. The van der Waals surface area contributed by atoms with E-state index in [4.69, 9.17) is 5.73 Å². The van der Waals surface area contributed by atoms with E-state index in [1.54, 1.807) is 12.1 Å². The highest BCUT2D eigenvalue weighted by Gasteiger charge is 2.10. The third kappa shape index (κ3) is 3.58. The van der Waals surface area contributed by atoms with Gasteiger partial charge < -0.3 is 10.6 Å². The van der Waals surface area contributed by atoms with Crippen LogP contribution < -0.4 is 10.6 Å². The quantitative estimate of drug-likeness (QED) is 0.900. The Morgan fingerprint density at radius 2 is 1.75 bits per heavy atom. The Kier molecular flexibility index (Phi) is 4.74. The van der Waals surface area contributed by atoms with Gasteiger partial charge >= 0.3 is 0 Å². The van der Waals surface area contributed by atoms with Crippen molar-refractivity contribution in [2.45, 2.75) is 19.4 Å². The minimum atomic E-state index is -0.209. The fourth-order valence-corrected chi connectivity index (χ4v) is 2.32. The topological polar surface area (TPSA) is 29.3 Å². The Morgan fingerprint density at radius 1 is 1.10 bits per heavy atom. The molecule has 2 nitrogen and oxygen atoms in total. The summed E-state index contributed by atoms with van der Waals surface area (Å²) in [4.78, 5) is 2.09. The first-order chi connectivity index (χ1) is 9.58. The van der Waals surface area contributed by atoms with E-state index in [1.165, 1.54) is 23.3 Å². The summed E-state index contributed by atoms with van der Waals surface area (Å²) in [6, 6.07) is 14.8. The summed E-state index contributed by atoms with van der Waals surface area (Å²) in [6.45, 7) is 2.92. The van der Waals surface area contributed by atoms with Gasteiger partial charge in [0.05, 0.1) is 0 Å². The molecule has 20 heavy (non-hydrogen) atoms. The van der Waals surface area contributed by atoms with E-state index in [0.717, 1.165) is 18.7 Å². The highest BCUT2D eigenvalue weighted by molar-refractivity contribution is 5.45. The van der Waals surface area contributed by atoms with Crippen molar-refractivity contribution < 1.29 is 4.39 Å². The molecule has 2 N–H and O–H groups in total. The van der Waals surface area contributed by atoms with Crippen LogP contribution in [0.4, 0.5) is 10.1 Å². The van der Waals surface area contributed by atoms with Crippen LogP contribution in [-0.2, 0) is 0 Å².